The maximum absolute atomic E-state index is 12.5. The first-order chi connectivity index (χ1) is 13.3. The van der Waals surface area contributed by atoms with Crippen LogP contribution < -0.4 is 10.1 Å². The third kappa shape index (κ3) is 4.82. The third-order valence-electron chi connectivity index (χ3n) is 4.70. The Bertz CT molecular complexity index is 948. The van der Waals surface area contributed by atoms with E-state index in [-0.39, 0.29) is 5.91 Å². The number of ether oxygens (including phenoxy) is 1. The van der Waals surface area contributed by atoms with E-state index < -0.39 is 0 Å². The molecule has 0 fully saturated rings. The molecule has 146 valence electrons. The molecule has 0 saturated heterocycles. The second-order valence-corrected chi connectivity index (χ2v) is 8.48. The van der Waals surface area contributed by atoms with Crippen molar-refractivity contribution in [2.24, 2.45) is 0 Å². The fraction of sp³-hybridized carbons (Fsp3) is 0.292. The van der Waals surface area contributed by atoms with Crippen molar-refractivity contribution in [2.75, 3.05) is 5.32 Å². The van der Waals surface area contributed by atoms with Crippen LogP contribution in [-0.2, 0) is 6.61 Å². The summed E-state index contributed by atoms with van der Waals surface area (Å²) in [5, 5.41) is 4.95. The second-order valence-electron chi connectivity index (χ2n) is 7.57. The van der Waals surface area contributed by atoms with Crippen molar-refractivity contribution in [1.82, 2.24) is 0 Å². The van der Waals surface area contributed by atoms with Gasteiger partial charge in [-0.25, -0.2) is 0 Å². The molecule has 0 saturated carbocycles. The summed E-state index contributed by atoms with van der Waals surface area (Å²) in [7, 11) is 0. The zero-order valence-corrected chi connectivity index (χ0v) is 17.9. The minimum absolute atomic E-state index is 0.0868. The standard InChI is InChI=1S/C24H27NO2S/c1-15(2)20-6-8-21(9-7-20)25-24(26)22-12-19(14-28-22)13-27-23-17(4)10-16(3)11-18(23)5/h6-12,14-15H,13H2,1-5H3,(H,25,26). The lowest BCUT2D eigenvalue weighted by atomic mass is 10.0. The van der Waals surface area contributed by atoms with Crippen molar-refractivity contribution in [2.45, 2.75) is 47.1 Å². The van der Waals surface area contributed by atoms with E-state index in [9.17, 15) is 4.79 Å². The minimum atomic E-state index is -0.0868. The van der Waals surface area contributed by atoms with Crippen LogP contribution in [0.1, 0.15) is 57.3 Å². The van der Waals surface area contributed by atoms with Crippen LogP contribution in [-0.4, -0.2) is 5.91 Å². The molecule has 1 heterocycles. The molecule has 1 N–H and O–H groups in total. The zero-order valence-electron chi connectivity index (χ0n) is 17.1. The van der Waals surface area contributed by atoms with Gasteiger partial charge in [-0.15, -0.1) is 11.3 Å². The van der Waals surface area contributed by atoms with Crippen molar-refractivity contribution in [3.05, 3.63) is 80.5 Å². The minimum Gasteiger partial charge on any atom is -0.488 e. The van der Waals surface area contributed by atoms with E-state index in [1.54, 1.807) is 0 Å². The quantitative estimate of drug-likeness (QED) is 0.510. The lowest BCUT2D eigenvalue weighted by Crippen LogP contribution is -2.10. The number of amides is 1. The van der Waals surface area contributed by atoms with Crippen molar-refractivity contribution < 1.29 is 9.53 Å². The average Bonchev–Trinajstić information content (AvgIpc) is 3.10. The van der Waals surface area contributed by atoms with E-state index in [0.29, 0.717) is 17.4 Å². The smallest absolute Gasteiger partial charge is 0.265 e. The fourth-order valence-corrected chi connectivity index (χ4v) is 4.06. The van der Waals surface area contributed by atoms with Gasteiger partial charge >= 0.3 is 0 Å². The molecule has 1 amide bonds. The topological polar surface area (TPSA) is 38.3 Å². The largest absolute Gasteiger partial charge is 0.488 e. The van der Waals surface area contributed by atoms with Gasteiger partial charge in [0.2, 0.25) is 0 Å². The summed E-state index contributed by atoms with van der Waals surface area (Å²) in [5.74, 6) is 1.31. The molecule has 0 aliphatic heterocycles. The monoisotopic (exact) mass is 393 g/mol. The molecule has 3 rings (SSSR count). The predicted octanol–water partition coefficient (Wildman–Crippen LogP) is 6.63. The first kappa shape index (κ1) is 20.2. The Morgan fingerprint density at radius 2 is 1.68 bits per heavy atom. The van der Waals surface area contributed by atoms with Gasteiger partial charge in [-0.3, -0.25) is 4.79 Å². The number of aryl methyl sites for hydroxylation is 3. The highest BCUT2D eigenvalue weighted by Crippen LogP contribution is 2.26. The summed E-state index contributed by atoms with van der Waals surface area (Å²) >= 11 is 1.44. The Morgan fingerprint density at radius 3 is 2.29 bits per heavy atom. The van der Waals surface area contributed by atoms with Crippen LogP contribution in [0, 0.1) is 20.8 Å². The predicted molar refractivity (Wildman–Crippen MR) is 118 cm³/mol. The van der Waals surface area contributed by atoms with Gasteiger partial charge in [-0.1, -0.05) is 43.7 Å². The Labute approximate surface area is 171 Å². The number of benzene rings is 2. The fourth-order valence-electron chi connectivity index (χ4n) is 3.26. The van der Waals surface area contributed by atoms with Crippen molar-refractivity contribution in [3.8, 4) is 5.75 Å². The van der Waals surface area contributed by atoms with Gasteiger partial charge in [0.15, 0.2) is 0 Å². The van der Waals surface area contributed by atoms with Gasteiger partial charge in [0.25, 0.3) is 5.91 Å². The Hall–Kier alpha value is -2.59. The SMILES string of the molecule is Cc1cc(C)c(OCc2csc(C(=O)Nc3ccc(C(C)C)cc3)c2)c(C)c1. The molecule has 0 unspecified atom stereocenters. The maximum Gasteiger partial charge on any atom is 0.265 e. The third-order valence-corrected chi connectivity index (χ3v) is 5.68. The van der Waals surface area contributed by atoms with Gasteiger partial charge in [-0.2, -0.15) is 0 Å². The number of thiophene rings is 1. The lowest BCUT2D eigenvalue weighted by Gasteiger charge is -2.12. The highest BCUT2D eigenvalue weighted by Gasteiger charge is 2.11. The number of rotatable bonds is 6. The number of carbonyl (C=O) groups is 1. The molecule has 3 aromatic rings. The molecule has 0 bridgehead atoms. The lowest BCUT2D eigenvalue weighted by molar-refractivity contribution is 0.103. The summed E-state index contributed by atoms with van der Waals surface area (Å²) in [4.78, 5) is 13.2. The molecule has 0 aliphatic rings. The van der Waals surface area contributed by atoms with Crippen molar-refractivity contribution in [3.63, 3.8) is 0 Å². The normalized spacial score (nSPS) is 10.9. The van der Waals surface area contributed by atoms with Gasteiger partial charge in [0.05, 0.1) is 4.88 Å². The van der Waals surface area contributed by atoms with Crippen LogP contribution in [0.25, 0.3) is 0 Å². The van der Waals surface area contributed by atoms with E-state index >= 15 is 0 Å². The van der Waals surface area contributed by atoms with Crippen LogP contribution in [0.3, 0.4) is 0 Å². The molecule has 0 spiro atoms. The van der Waals surface area contributed by atoms with Crippen LogP contribution in [0.15, 0.2) is 47.8 Å². The van der Waals surface area contributed by atoms with E-state index in [0.717, 1.165) is 28.1 Å². The molecule has 3 nitrogen and oxygen atoms in total. The number of anilines is 1. The second kappa shape index (κ2) is 8.61. The molecular formula is C24H27NO2S. The number of nitrogens with one attached hydrogen (secondary N) is 1. The molecule has 0 atom stereocenters. The number of hydrogen-bond acceptors (Lipinski definition) is 3. The molecule has 0 radical (unpaired) electrons. The molecule has 1 aromatic heterocycles. The number of carbonyl (C=O) groups excluding carboxylic acids is 1. The van der Waals surface area contributed by atoms with Crippen molar-refractivity contribution in [1.29, 1.82) is 0 Å². The molecule has 2 aromatic carbocycles. The average molecular weight is 394 g/mol. The summed E-state index contributed by atoms with van der Waals surface area (Å²) in [6.07, 6.45) is 0. The molecule has 0 aliphatic carbocycles. The Morgan fingerprint density at radius 1 is 1.04 bits per heavy atom. The zero-order chi connectivity index (χ0) is 20.3. The van der Waals surface area contributed by atoms with E-state index in [1.165, 1.54) is 22.5 Å². The highest BCUT2D eigenvalue weighted by atomic mass is 32.1. The Kier molecular flexibility index (Phi) is 6.20. The van der Waals surface area contributed by atoms with E-state index in [2.05, 4.69) is 64.2 Å². The van der Waals surface area contributed by atoms with Crippen LogP contribution in [0.4, 0.5) is 5.69 Å². The first-order valence-corrected chi connectivity index (χ1v) is 10.4. The van der Waals surface area contributed by atoms with Gasteiger partial charge in [-0.05, 0) is 67.0 Å². The summed E-state index contributed by atoms with van der Waals surface area (Å²) in [6.45, 7) is 11.0. The van der Waals surface area contributed by atoms with E-state index in [1.807, 2.05) is 23.6 Å². The summed E-state index contributed by atoms with van der Waals surface area (Å²) in [6, 6.07) is 14.2. The van der Waals surface area contributed by atoms with Crippen LogP contribution in [0.5, 0.6) is 5.75 Å². The number of hydrogen-bond donors (Lipinski definition) is 1. The summed E-state index contributed by atoms with van der Waals surface area (Å²) < 4.78 is 6.03. The van der Waals surface area contributed by atoms with Gasteiger partial charge < -0.3 is 10.1 Å². The van der Waals surface area contributed by atoms with Crippen molar-refractivity contribution >= 4 is 22.9 Å². The van der Waals surface area contributed by atoms with E-state index in [4.69, 9.17) is 4.74 Å². The first-order valence-electron chi connectivity index (χ1n) is 9.53. The molecular weight excluding hydrogens is 366 g/mol. The highest BCUT2D eigenvalue weighted by molar-refractivity contribution is 7.12. The van der Waals surface area contributed by atoms with Gasteiger partial charge in [0.1, 0.15) is 12.4 Å². The summed E-state index contributed by atoms with van der Waals surface area (Å²) in [5.41, 5.74) is 6.58. The van der Waals surface area contributed by atoms with Crippen LogP contribution in [0.2, 0.25) is 0 Å². The van der Waals surface area contributed by atoms with Gasteiger partial charge in [0, 0.05) is 11.3 Å². The molecule has 4 heteroatoms. The van der Waals surface area contributed by atoms with Crippen LogP contribution >= 0.6 is 11.3 Å². The Balaban J connectivity index is 1.63. The maximum atomic E-state index is 12.5. The molecule has 28 heavy (non-hydrogen) atoms.